The maximum Gasteiger partial charge on any atom is 0.195 e. The summed E-state index contributed by atoms with van der Waals surface area (Å²) in [5.74, 6) is 0.699. The van der Waals surface area contributed by atoms with Crippen molar-refractivity contribution < 1.29 is 9.53 Å². The Balaban J connectivity index is 1.89. The maximum atomic E-state index is 12.8. The van der Waals surface area contributed by atoms with Crippen molar-refractivity contribution in [1.82, 2.24) is 9.88 Å². The van der Waals surface area contributed by atoms with E-state index < -0.39 is 0 Å². The van der Waals surface area contributed by atoms with Crippen molar-refractivity contribution in [3.63, 3.8) is 0 Å². The van der Waals surface area contributed by atoms with E-state index in [-0.39, 0.29) is 5.78 Å². The average Bonchev–Trinajstić information content (AvgIpc) is 2.97. The van der Waals surface area contributed by atoms with E-state index in [9.17, 15) is 4.79 Å². The number of nitrogens with one attached hydrogen (secondary N) is 1. The molecule has 3 aromatic rings. The highest BCUT2D eigenvalue weighted by molar-refractivity contribution is 6.16. The fourth-order valence-corrected chi connectivity index (χ4v) is 2.56. The molecule has 0 aliphatic rings. The fraction of sp³-hybridized carbons (Fsp3) is 0.211. The maximum absolute atomic E-state index is 12.8. The van der Waals surface area contributed by atoms with Crippen molar-refractivity contribution >= 4 is 22.4 Å². The van der Waals surface area contributed by atoms with Crippen LogP contribution in [0, 0.1) is 0 Å². The second-order valence-corrected chi connectivity index (χ2v) is 6.02. The number of hydrogen-bond donors (Lipinski definition) is 2. The van der Waals surface area contributed by atoms with Crippen LogP contribution < -0.4 is 10.5 Å². The van der Waals surface area contributed by atoms with Crippen LogP contribution in [0.25, 0.3) is 10.9 Å². The number of hydrogen-bond acceptors (Lipinski definition) is 4. The molecule has 0 aliphatic heterocycles. The number of nitrogen functional groups attached to an aromatic ring is 1. The number of likely N-dealkylation sites (N-methyl/N-ethyl adjacent to an activating group) is 1. The normalized spacial score (nSPS) is 11.1. The molecule has 124 valence electrons. The molecular weight excluding hydrogens is 302 g/mol. The summed E-state index contributed by atoms with van der Waals surface area (Å²) < 4.78 is 5.77. The molecule has 0 atom stereocenters. The first-order valence-corrected chi connectivity index (χ1v) is 7.83. The Hall–Kier alpha value is -2.79. The Morgan fingerprint density at radius 3 is 2.79 bits per heavy atom. The quantitative estimate of drug-likeness (QED) is 0.540. The molecule has 0 fully saturated rings. The summed E-state index contributed by atoms with van der Waals surface area (Å²) in [5, 5.41) is 0.852. The minimum absolute atomic E-state index is 0.0565. The van der Waals surface area contributed by atoms with Gasteiger partial charge in [-0.15, -0.1) is 0 Å². The van der Waals surface area contributed by atoms with Gasteiger partial charge in [0.15, 0.2) is 5.78 Å². The lowest BCUT2D eigenvalue weighted by atomic mass is 10.0. The summed E-state index contributed by atoms with van der Waals surface area (Å²) in [6.45, 7) is 1.43. The van der Waals surface area contributed by atoms with E-state index in [0.717, 1.165) is 23.2 Å². The number of rotatable bonds is 6. The van der Waals surface area contributed by atoms with E-state index >= 15 is 0 Å². The summed E-state index contributed by atoms with van der Waals surface area (Å²) in [5.41, 5.74) is 8.46. The highest BCUT2D eigenvalue weighted by Crippen LogP contribution is 2.26. The first-order chi connectivity index (χ1) is 11.5. The minimum atomic E-state index is -0.0565. The van der Waals surface area contributed by atoms with Crippen molar-refractivity contribution in [3.05, 3.63) is 59.8 Å². The van der Waals surface area contributed by atoms with Gasteiger partial charge < -0.3 is 20.4 Å². The van der Waals surface area contributed by atoms with Gasteiger partial charge in [-0.05, 0) is 44.4 Å². The summed E-state index contributed by atoms with van der Waals surface area (Å²) in [6, 6.07) is 12.8. The van der Waals surface area contributed by atoms with Crippen LogP contribution >= 0.6 is 0 Å². The van der Waals surface area contributed by atoms with Crippen molar-refractivity contribution in [2.45, 2.75) is 0 Å². The van der Waals surface area contributed by atoms with Gasteiger partial charge >= 0.3 is 0 Å². The molecule has 3 rings (SSSR count). The SMILES string of the molecule is CN(C)CCOc1ccc2[nH]cc(C(=O)c3cccc(N)c3)c2c1. The van der Waals surface area contributed by atoms with Gasteiger partial charge in [-0.2, -0.15) is 0 Å². The van der Waals surface area contributed by atoms with E-state index in [1.54, 1.807) is 30.5 Å². The molecule has 0 radical (unpaired) electrons. The van der Waals surface area contributed by atoms with E-state index in [1.165, 1.54) is 0 Å². The standard InChI is InChI=1S/C19H21N3O2/c1-22(2)8-9-24-15-6-7-18-16(11-15)17(12-21-18)19(23)13-4-3-5-14(20)10-13/h3-7,10-12,21H,8-9,20H2,1-2H3. The number of aromatic nitrogens is 1. The molecule has 0 saturated heterocycles. The molecule has 0 spiro atoms. The van der Waals surface area contributed by atoms with Crippen LogP contribution in [0.2, 0.25) is 0 Å². The molecular formula is C19H21N3O2. The third kappa shape index (κ3) is 3.41. The van der Waals surface area contributed by atoms with E-state index in [0.29, 0.717) is 23.4 Å². The van der Waals surface area contributed by atoms with Gasteiger partial charge in [-0.25, -0.2) is 0 Å². The van der Waals surface area contributed by atoms with Gasteiger partial charge in [0.2, 0.25) is 0 Å². The largest absolute Gasteiger partial charge is 0.492 e. The van der Waals surface area contributed by atoms with Crippen LogP contribution in [-0.4, -0.2) is 42.9 Å². The lowest BCUT2D eigenvalue weighted by Crippen LogP contribution is -2.19. The lowest BCUT2D eigenvalue weighted by molar-refractivity contribution is 0.104. The topological polar surface area (TPSA) is 71.3 Å². The summed E-state index contributed by atoms with van der Waals surface area (Å²) in [4.78, 5) is 18.0. The number of carbonyl (C=O) groups is 1. The van der Waals surface area contributed by atoms with Crippen LogP contribution in [0.3, 0.4) is 0 Å². The predicted molar refractivity (Wildman–Crippen MR) is 96.6 cm³/mol. The number of carbonyl (C=O) groups excluding carboxylic acids is 1. The lowest BCUT2D eigenvalue weighted by Gasteiger charge is -2.11. The number of H-pyrrole nitrogens is 1. The third-order valence-corrected chi connectivity index (χ3v) is 3.85. The molecule has 0 amide bonds. The van der Waals surface area contributed by atoms with Crippen molar-refractivity contribution in [2.24, 2.45) is 0 Å². The number of nitrogens with two attached hydrogens (primary N) is 1. The predicted octanol–water partition coefficient (Wildman–Crippen LogP) is 2.92. The highest BCUT2D eigenvalue weighted by Gasteiger charge is 2.15. The number of aromatic amines is 1. The molecule has 0 bridgehead atoms. The molecule has 1 aromatic heterocycles. The Labute approximate surface area is 141 Å². The second-order valence-electron chi connectivity index (χ2n) is 6.02. The smallest absolute Gasteiger partial charge is 0.195 e. The third-order valence-electron chi connectivity index (χ3n) is 3.85. The average molecular weight is 323 g/mol. The molecule has 2 aromatic carbocycles. The van der Waals surface area contributed by atoms with Crippen molar-refractivity contribution in [2.75, 3.05) is 33.0 Å². The number of benzene rings is 2. The molecule has 0 saturated carbocycles. The number of anilines is 1. The summed E-state index contributed by atoms with van der Waals surface area (Å²) >= 11 is 0. The molecule has 24 heavy (non-hydrogen) atoms. The Bertz CT molecular complexity index is 868. The Morgan fingerprint density at radius 1 is 1.21 bits per heavy atom. The van der Waals surface area contributed by atoms with Gasteiger partial charge in [0.05, 0.1) is 0 Å². The van der Waals surface area contributed by atoms with Gasteiger partial charge in [0, 0.05) is 40.5 Å². The van der Waals surface area contributed by atoms with Crippen LogP contribution in [-0.2, 0) is 0 Å². The van der Waals surface area contributed by atoms with E-state index in [4.69, 9.17) is 10.5 Å². The fourth-order valence-electron chi connectivity index (χ4n) is 2.56. The number of ether oxygens (including phenoxy) is 1. The van der Waals surface area contributed by atoms with E-state index in [2.05, 4.69) is 9.88 Å². The van der Waals surface area contributed by atoms with E-state index in [1.807, 2.05) is 32.3 Å². The van der Waals surface area contributed by atoms with Crippen molar-refractivity contribution in [3.8, 4) is 5.75 Å². The van der Waals surface area contributed by atoms with Crippen LogP contribution in [0.5, 0.6) is 5.75 Å². The van der Waals surface area contributed by atoms with Gasteiger partial charge in [-0.1, -0.05) is 12.1 Å². The molecule has 1 heterocycles. The first kappa shape index (κ1) is 16.1. The number of fused-ring (bicyclic) bond motifs is 1. The Kier molecular flexibility index (Phi) is 4.53. The van der Waals surface area contributed by atoms with Crippen LogP contribution in [0.1, 0.15) is 15.9 Å². The van der Waals surface area contributed by atoms with Gasteiger partial charge in [0.1, 0.15) is 12.4 Å². The van der Waals surface area contributed by atoms with Crippen molar-refractivity contribution in [1.29, 1.82) is 0 Å². The van der Waals surface area contributed by atoms with Gasteiger partial charge in [-0.3, -0.25) is 4.79 Å². The zero-order chi connectivity index (χ0) is 17.1. The molecule has 3 N–H and O–H groups in total. The highest BCUT2D eigenvalue weighted by atomic mass is 16.5. The van der Waals surface area contributed by atoms with Crippen LogP contribution in [0.4, 0.5) is 5.69 Å². The zero-order valence-corrected chi connectivity index (χ0v) is 13.9. The second kappa shape index (κ2) is 6.76. The summed E-state index contributed by atoms with van der Waals surface area (Å²) in [7, 11) is 4.00. The minimum Gasteiger partial charge on any atom is -0.492 e. The monoisotopic (exact) mass is 323 g/mol. The zero-order valence-electron chi connectivity index (χ0n) is 13.9. The molecule has 0 aliphatic carbocycles. The Morgan fingerprint density at radius 2 is 2.04 bits per heavy atom. The molecule has 5 nitrogen and oxygen atoms in total. The molecule has 0 unspecified atom stereocenters. The molecule has 5 heteroatoms. The summed E-state index contributed by atoms with van der Waals surface area (Å²) in [6.07, 6.45) is 1.74. The number of nitrogens with zero attached hydrogens (tertiary/aromatic N) is 1. The van der Waals surface area contributed by atoms with Crippen LogP contribution in [0.15, 0.2) is 48.7 Å². The van der Waals surface area contributed by atoms with Gasteiger partial charge in [0.25, 0.3) is 0 Å². The number of ketones is 1. The first-order valence-electron chi connectivity index (χ1n) is 7.83.